The van der Waals surface area contributed by atoms with Crippen molar-refractivity contribution >= 4 is 10.0 Å². The normalized spacial score (nSPS) is 13.9. The van der Waals surface area contributed by atoms with Gasteiger partial charge in [0.05, 0.1) is 4.90 Å². The number of sulfonamides is 1. The Bertz CT molecular complexity index is 790. The summed E-state index contributed by atoms with van der Waals surface area (Å²) in [5.74, 6) is 1.08. The molecule has 5 nitrogen and oxygen atoms in total. The maximum absolute atomic E-state index is 12.7. The topological polar surface area (TPSA) is 55.8 Å². The molecule has 1 heterocycles. The second-order valence-corrected chi connectivity index (χ2v) is 7.77. The van der Waals surface area contributed by atoms with Crippen LogP contribution in [0.15, 0.2) is 53.4 Å². The van der Waals surface area contributed by atoms with Crippen molar-refractivity contribution in [3.05, 3.63) is 54.1 Å². The molecule has 0 aliphatic carbocycles. The van der Waals surface area contributed by atoms with E-state index < -0.39 is 10.0 Å². The molecule has 2 aromatic carbocycles. The summed E-state index contributed by atoms with van der Waals surface area (Å²) in [6.07, 6.45) is 1.62. The smallest absolute Gasteiger partial charge is 0.242 e. The Morgan fingerprint density at radius 2 is 1.71 bits per heavy atom. The molecule has 24 heavy (non-hydrogen) atoms. The van der Waals surface area contributed by atoms with Crippen molar-refractivity contribution in [1.29, 1.82) is 0 Å². The lowest BCUT2D eigenvalue weighted by atomic mass is 10.1. The van der Waals surface area contributed by atoms with Gasteiger partial charge in [0.1, 0.15) is 13.2 Å². The summed E-state index contributed by atoms with van der Waals surface area (Å²) >= 11 is 0. The van der Waals surface area contributed by atoms with Crippen molar-refractivity contribution < 1.29 is 17.9 Å². The summed E-state index contributed by atoms with van der Waals surface area (Å²) < 4.78 is 37.7. The highest BCUT2D eigenvalue weighted by molar-refractivity contribution is 7.89. The molecule has 0 amide bonds. The van der Waals surface area contributed by atoms with E-state index in [-0.39, 0.29) is 4.90 Å². The van der Waals surface area contributed by atoms with Crippen molar-refractivity contribution in [1.82, 2.24) is 4.31 Å². The van der Waals surface area contributed by atoms with Crippen LogP contribution in [0.1, 0.15) is 12.0 Å². The van der Waals surface area contributed by atoms with Gasteiger partial charge in [-0.25, -0.2) is 12.7 Å². The van der Waals surface area contributed by atoms with Crippen LogP contribution < -0.4 is 9.47 Å². The van der Waals surface area contributed by atoms with Crippen LogP contribution in [0, 0.1) is 0 Å². The Labute approximate surface area is 142 Å². The number of ether oxygens (including phenoxy) is 2. The fraction of sp³-hybridized carbons (Fsp3) is 0.333. The third kappa shape index (κ3) is 3.71. The van der Waals surface area contributed by atoms with Gasteiger partial charge in [0.25, 0.3) is 0 Å². The van der Waals surface area contributed by atoms with Crippen molar-refractivity contribution in [2.75, 3.05) is 26.8 Å². The first-order chi connectivity index (χ1) is 11.6. The zero-order valence-corrected chi connectivity index (χ0v) is 14.5. The Balaban J connectivity index is 1.66. The lowest BCUT2D eigenvalue weighted by Crippen LogP contribution is -2.28. The lowest BCUT2D eigenvalue weighted by molar-refractivity contribution is 0.171. The van der Waals surface area contributed by atoms with E-state index in [1.54, 1.807) is 19.2 Å². The number of aryl methyl sites for hydroxylation is 1. The van der Waals surface area contributed by atoms with Gasteiger partial charge in [0.2, 0.25) is 10.0 Å². The molecular weight excluding hydrogens is 326 g/mol. The van der Waals surface area contributed by atoms with Gasteiger partial charge >= 0.3 is 0 Å². The zero-order chi connectivity index (χ0) is 17.0. The van der Waals surface area contributed by atoms with Crippen LogP contribution in [0.25, 0.3) is 0 Å². The Morgan fingerprint density at radius 1 is 1.00 bits per heavy atom. The highest BCUT2D eigenvalue weighted by atomic mass is 32.2. The van der Waals surface area contributed by atoms with Crippen LogP contribution in [-0.4, -0.2) is 39.5 Å². The second-order valence-electron chi connectivity index (χ2n) is 5.72. The standard InChI is InChI=1S/C18H21NO4S/c1-19(11-5-8-15-6-3-2-4-7-15)24(20,21)16-9-10-17-18(14-16)23-13-12-22-17/h2-4,6-7,9-10,14H,5,8,11-13H2,1H3. The molecule has 0 atom stereocenters. The maximum Gasteiger partial charge on any atom is 0.242 e. The molecule has 0 fully saturated rings. The Kier molecular flexibility index (Phi) is 5.06. The third-order valence-electron chi connectivity index (χ3n) is 4.00. The van der Waals surface area contributed by atoms with Crippen molar-refractivity contribution in [3.8, 4) is 11.5 Å². The van der Waals surface area contributed by atoms with Crippen LogP contribution in [0.3, 0.4) is 0 Å². The van der Waals surface area contributed by atoms with Crippen LogP contribution in [-0.2, 0) is 16.4 Å². The molecule has 0 bridgehead atoms. The fourth-order valence-electron chi connectivity index (χ4n) is 2.63. The summed E-state index contributed by atoms with van der Waals surface area (Å²) in [5, 5.41) is 0. The SMILES string of the molecule is CN(CCCc1ccccc1)S(=O)(=O)c1ccc2c(c1)OCCO2. The summed E-state index contributed by atoms with van der Waals surface area (Å²) in [4.78, 5) is 0.231. The van der Waals surface area contributed by atoms with E-state index in [0.717, 1.165) is 12.8 Å². The van der Waals surface area contributed by atoms with Crippen molar-refractivity contribution in [2.45, 2.75) is 17.7 Å². The van der Waals surface area contributed by atoms with Gasteiger partial charge in [-0.2, -0.15) is 0 Å². The summed E-state index contributed by atoms with van der Waals surface area (Å²) in [6.45, 7) is 1.38. The number of benzene rings is 2. The number of nitrogens with zero attached hydrogens (tertiary/aromatic N) is 1. The van der Waals surface area contributed by atoms with Crippen molar-refractivity contribution in [2.24, 2.45) is 0 Å². The van der Waals surface area contributed by atoms with Gasteiger partial charge in [-0.15, -0.1) is 0 Å². The molecule has 1 aliphatic rings. The molecule has 0 saturated heterocycles. The Morgan fingerprint density at radius 3 is 2.46 bits per heavy atom. The first kappa shape index (κ1) is 16.8. The molecule has 0 radical (unpaired) electrons. The minimum Gasteiger partial charge on any atom is -0.486 e. The minimum atomic E-state index is -3.53. The fourth-order valence-corrected chi connectivity index (χ4v) is 3.86. The molecule has 2 aromatic rings. The van der Waals surface area contributed by atoms with E-state index in [4.69, 9.17) is 9.47 Å². The van der Waals surface area contributed by atoms with Crippen LogP contribution in [0.4, 0.5) is 0 Å². The van der Waals surface area contributed by atoms with Gasteiger partial charge in [-0.1, -0.05) is 30.3 Å². The van der Waals surface area contributed by atoms with E-state index >= 15 is 0 Å². The van der Waals surface area contributed by atoms with E-state index in [9.17, 15) is 8.42 Å². The quantitative estimate of drug-likeness (QED) is 0.806. The second kappa shape index (κ2) is 7.23. The van der Waals surface area contributed by atoms with E-state index in [0.29, 0.717) is 31.3 Å². The van der Waals surface area contributed by atoms with Crippen LogP contribution in [0.2, 0.25) is 0 Å². The van der Waals surface area contributed by atoms with Gasteiger partial charge in [0, 0.05) is 19.7 Å². The minimum absolute atomic E-state index is 0.231. The predicted octanol–water partition coefficient (Wildman–Crippen LogP) is 2.71. The maximum atomic E-state index is 12.7. The predicted molar refractivity (Wildman–Crippen MR) is 92.0 cm³/mol. The first-order valence-corrected chi connectivity index (χ1v) is 9.41. The number of fused-ring (bicyclic) bond motifs is 1. The summed E-state index contributed by atoms with van der Waals surface area (Å²) in [7, 11) is -1.92. The monoisotopic (exact) mass is 347 g/mol. The summed E-state index contributed by atoms with van der Waals surface area (Å²) in [6, 6.07) is 14.8. The van der Waals surface area contributed by atoms with E-state index in [1.165, 1.54) is 15.9 Å². The highest BCUT2D eigenvalue weighted by Crippen LogP contribution is 2.32. The number of rotatable bonds is 6. The van der Waals surface area contributed by atoms with Crippen LogP contribution in [0.5, 0.6) is 11.5 Å². The molecule has 3 rings (SSSR count). The lowest BCUT2D eigenvalue weighted by Gasteiger charge is -2.21. The largest absolute Gasteiger partial charge is 0.486 e. The van der Waals surface area contributed by atoms with Crippen molar-refractivity contribution in [3.63, 3.8) is 0 Å². The molecule has 0 unspecified atom stereocenters. The average molecular weight is 347 g/mol. The first-order valence-electron chi connectivity index (χ1n) is 7.97. The summed E-state index contributed by atoms with van der Waals surface area (Å²) in [5.41, 5.74) is 1.21. The molecular formula is C18H21NO4S. The third-order valence-corrected chi connectivity index (χ3v) is 5.86. The molecule has 0 N–H and O–H groups in total. The molecule has 0 spiro atoms. The molecule has 1 aliphatic heterocycles. The average Bonchev–Trinajstić information content (AvgIpc) is 2.62. The Hall–Kier alpha value is -2.05. The van der Waals surface area contributed by atoms with Gasteiger partial charge < -0.3 is 9.47 Å². The number of hydrogen-bond acceptors (Lipinski definition) is 4. The van der Waals surface area contributed by atoms with E-state index in [1.807, 2.05) is 18.2 Å². The highest BCUT2D eigenvalue weighted by Gasteiger charge is 2.23. The van der Waals surface area contributed by atoms with Crippen LogP contribution >= 0.6 is 0 Å². The number of hydrogen-bond donors (Lipinski definition) is 0. The van der Waals surface area contributed by atoms with Gasteiger partial charge in [0.15, 0.2) is 11.5 Å². The van der Waals surface area contributed by atoms with Gasteiger partial charge in [-0.05, 0) is 30.5 Å². The van der Waals surface area contributed by atoms with E-state index in [2.05, 4.69) is 12.1 Å². The molecule has 0 aromatic heterocycles. The van der Waals surface area contributed by atoms with Gasteiger partial charge in [-0.3, -0.25) is 0 Å². The molecule has 0 saturated carbocycles. The molecule has 6 heteroatoms. The zero-order valence-electron chi connectivity index (χ0n) is 13.6. The molecule has 128 valence electrons.